The molecule has 0 unspecified atom stereocenters. The molecule has 5 heteroatoms. The first-order chi connectivity index (χ1) is 9.99. The molecule has 2 aromatic carbocycles. The number of carbonyl (C=O) groups is 1. The van der Waals surface area contributed by atoms with E-state index in [9.17, 15) is 9.18 Å². The topological polar surface area (TPSA) is 32.3 Å². The van der Waals surface area contributed by atoms with E-state index in [0.29, 0.717) is 12.1 Å². The van der Waals surface area contributed by atoms with Crippen molar-refractivity contribution < 1.29 is 9.18 Å². The second-order valence-electron chi connectivity index (χ2n) is 4.84. The van der Waals surface area contributed by atoms with Gasteiger partial charge in [0.25, 0.3) is 5.91 Å². The summed E-state index contributed by atoms with van der Waals surface area (Å²) in [7, 11) is 3.94. The maximum absolute atomic E-state index is 13.4. The normalized spacial score (nSPS) is 10.3. The first-order valence-corrected chi connectivity index (χ1v) is 7.27. The van der Waals surface area contributed by atoms with Crippen LogP contribution < -0.4 is 10.2 Å². The van der Waals surface area contributed by atoms with Crippen LogP contribution in [0.15, 0.2) is 46.9 Å². The fourth-order valence-electron chi connectivity index (χ4n) is 1.87. The molecule has 2 rings (SSSR count). The van der Waals surface area contributed by atoms with Gasteiger partial charge >= 0.3 is 0 Å². The molecule has 0 saturated heterocycles. The zero-order chi connectivity index (χ0) is 15.4. The van der Waals surface area contributed by atoms with E-state index in [2.05, 4.69) is 21.2 Å². The number of benzene rings is 2. The van der Waals surface area contributed by atoms with Crippen LogP contribution in [0.5, 0.6) is 0 Å². The van der Waals surface area contributed by atoms with E-state index in [4.69, 9.17) is 0 Å². The molecule has 0 radical (unpaired) electrons. The first-order valence-electron chi connectivity index (χ1n) is 6.47. The number of amides is 1. The van der Waals surface area contributed by atoms with E-state index < -0.39 is 5.82 Å². The minimum atomic E-state index is -0.446. The van der Waals surface area contributed by atoms with E-state index in [1.54, 1.807) is 6.07 Å². The highest BCUT2D eigenvalue weighted by molar-refractivity contribution is 9.10. The van der Waals surface area contributed by atoms with Gasteiger partial charge in [-0.3, -0.25) is 4.79 Å². The third-order valence-corrected chi connectivity index (χ3v) is 3.91. The van der Waals surface area contributed by atoms with Gasteiger partial charge in [-0.2, -0.15) is 0 Å². The van der Waals surface area contributed by atoms with Crippen molar-refractivity contribution in [2.75, 3.05) is 19.0 Å². The van der Waals surface area contributed by atoms with Gasteiger partial charge in [0.05, 0.1) is 10.0 Å². The molecule has 0 aliphatic rings. The van der Waals surface area contributed by atoms with E-state index in [-0.39, 0.29) is 10.4 Å². The van der Waals surface area contributed by atoms with E-state index in [1.807, 2.05) is 43.3 Å². The molecule has 2 aromatic rings. The molecule has 0 aliphatic heterocycles. The van der Waals surface area contributed by atoms with Crippen molar-refractivity contribution in [2.45, 2.75) is 6.54 Å². The van der Waals surface area contributed by atoms with Crippen molar-refractivity contribution >= 4 is 27.5 Å². The molecule has 21 heavy (non-hydrogen) atoms. The Balaban J connectivity index is 2.02. The Morgan fingerprint density at radius 1 is 1.19 bits per heavy atom. The van der Waals surface area contributed by atoms with Gasteiger partial charge in [0.15, 0.2) is 0 Å². The maximum Gasteiger partial charge on any atom is 0.252 e. The van der Waals surface area contributed by atoms with Crippen molar-refractivity contribution in [1.29, 1.82) is 0 Å². The summed E-state index contributed by atoms with van der Waals surface area (Å²) >= 11 is 3.09. The fraction of sp³-hybridized carbons (Fsp3) is 0.188. The molecule has 1 amide bonds. The van der Waals surface area contributed by atoms with Crippen LogP contribution >= 0.6 is 15.9 Å². The molecule has 3 nitrogen and oxygen atoms in total. The molecule has 0 atom stereocenters. The summed E-state index contributed by atoms with van der Waals surface area (Å²) in [6.07, 6.45) is 0. The van der Waals surface area contributed by atoms with E-state index >= 15 is 0 Å². The maximum atomic E-state index is 13.4. The molecule has 0 aliphatic carbocycles. The Morgan fingerprint density at radius 3 is 2.48 bits per heavy atom. The molecule has 0 bridgehead atoms. The van der Waals surface area contributed by atoms with E-state index in [1.165, 1.54) is 12.1 Å². The number of nitrogens with one attached hydrogen (secondary N) is 1. The monoisotopic (exact) mass is 350 g/mol. The summed E-state index contributed by atoms with van der Waals surface area (Å²) in [5.74, 6) is -0.754. The fourth-order valence-corrected chi connectivity index (χ4v) is 2.31. The van der Waals surface area contributed by atoms with Crippen LogP contribution in [-0.4, -0.2) is 20.0 Å². The van der Waals surface area contributed by atoms with Gasteiger partial charge in [0, 0.05) is 26.3 Å². The predicted octanol–water partition coefficient (Wildman–Crippen LogP) is 3.58. The zero-order valence-corrected chi connectivity index (χ0v) is 13.4. The number of hydrogen-bond donors (Lipinski definition) is 1. The van der Waals surface area contributed by atoms with Crippen molar-refractivity contribution in [3.63, 3.8) is 0 Å². The largest absolute Gasteiger partial charge is 0.378 e. The quantitative estimate of drug-likeness (QED) is 0.913. The number of halogens is 2. The van der Waals surface area contributed by atoms with Crippen molar-refractivity contribution in [3.05, 3.63) is 63.9 Å². The molecule has 0 saturated carbocycles. The summed E-state index contributed by atoms with van der Waals surface area (Å²) < 4.78 is 13.6. The predicted molar refractivity (Wildman–Crippen MR) is 86.0 cm³/mol. The van der Waals surface area contributed by atoms with Gasteiger partial charge in [0.2, 0.25) is 0 Å². The van der Waals surface area contributed by atoms with Gasteiger partial charge in [-0.1, -0.05) is 18.2 Å². The van der Waals surface area contributed by atoms with Crippen LogP contribution in [0.1, 0.15) is 15.9 Å². The average molecular weight is 351 g/mol. The lowest BCUT2D eigenvalue weighted by Crippen LogP contribution is -2.23. The van der Waals surface area contributed by atoms with Gasteiger partial charge in [0.1, 0.15) is 5.82 Å². The van der Waals surface area contributed by atoms with Crippen LogP contribution in [0.25, 0.3) is 0 Å². The van der Waals surface area contributed by atoms with E-state index in [0.717, 1.165) is 11.3 Å². The molecule has 0 heterocycles. The number of rotatable bonds is 4. The molecule has 0 fully saturated rings. The van der Waals surface area contributed by atoms with Crippen LogP contribution in [0.2, 0.25) is 0 Å². The Morgan fingerprint density at radius 2 is 1.86 bits per heavy atom. The Hall–Kier alpha value is -1.88. The minimum Gasteiger partial charge on any atom is -0.378 e. The van der Waals surface area contributed by atoms with Crippen LogP contribution in [0.4, 0.5) is 10.1 Å². The van der Waals surface area contributed by atoms with Crippen molar-refractivity contribution in [3.8, 4) is 0 Å². The molecular weight excluding hydrogens is 335 g/mol. The Kier molecular flexibility index (Phi) is 4.96. The number of carbonyl (C=O) groups excluding carboxylic acids is 1. The lowest BCUT2D eigenvalue weighted by molar-refractivity contribution is 0.0949. The highest BCUT2D eigenvalue weighted by Crippen LogP contribution is 2.20. The second-order valence-corrected chi connectivity index (χ2v) is 5.64. The number of anilines is 1. The lowest BCUT2D eigenvalue weighted by Gasteiger charge is -2.13. The average Bonchev–Trinajstić information content (AvgIpc) is 2.48. The first kappa shape index (κ1) is 15.5. The molecule has 110 valence electrons. The Bertz CT molecular complexity index is 641. The lowest BCUT2D eigenvalue weighted by atomic mass is 10.1. The summed E-state index contributed by atoms with van der Waals surface area (Å²) in [5.41, 5.74) is 2.37. The highest BCUT2D eigenvalue weighted by atomic mass is 79.9. The Labute approximate surface area is 131 Å². The van der Waals surface area contributed by atoms with Gasteiger partial charge in [-0.05, 0) is 45.8 Å². The minimum absolute atomic E-state index is 0.186. The smallest absolute Gasteiger partial charge is 0.252 e. The third-order valence-electron chi connectivity index (χ3n) is 3.10. The summed E-state index contributed by atoms with van der Waals surface area (Å²) in [6.45, 7) is 0.398. The van der Waals surface area contributed by atoms with Crippen molar-refractivity contribution in [1.82, 2.24) is 5.32 Å². The van der Waals surface area contributed by atoms with Crippen molar-refractivity contribution in [2.24, 2.45) is 0 Å². The van der Waals surface area contributed by atoms with Crippen LogP contribution in [-0.2, 0) is 6.54 Å². The molecular formula is C16H16BrFN2O. The van der Waals surface area contributed by atoms with Crippen LogP contribution in [0.3, 0.4) is 0 Å². The van der Waals surface area contributed by atoms with Gasteiger partial charge < -0.3 is 10.2 Å². The second kappa shape index (κ2) is 6.72. The number of hydrogen-bond acceptors (Lipinski definition) is 2. The SMILES string of the molecule is CN(C)c1ccc(CNC(=O)c2cccc(F)c2Br)cc1. The standard InChI is InChI=1S/C16H16BrFN2O/c1-20(2)12-8-6-11(7-9-12)10-19-16(21)13-4-3-5-14(18)15(13)17/h3-9H,10H2,1-2H3,(H,19,21). The van der Waals surface area contributed by atoms with Gasteiger partial charge in [-0.15, -0.1) is 0 Å². The summed E-state index contributed by atoms with van der Waals surface area (Å²) in [6, 6.07) is 12.3. The highest BCUT2D eigenvalue weighted by Gasteiger charge is 2.12. The van der Waals surface area contributed by atoms with Crippen LogP contribution in [0, 0.1) is 5.82 Å². The number of nitrogens with zero attached hydrogens (tertiary/aromatic N) is 1. The molecule has 1 N–H and O–H groups in total. The molecule has 0 spiro atoms. The molecule has 0 aromatic heterocycles. The third kappa shape index (κ3) is 3.82. The zero-order valence-electron chi connectivity index (χ0n) is 11.9. The summed E-state index contributed by atoms with van der Waals surface area (Å²) in [4.78, 5) is 14.1. The van der Waals surface area contributed by atoms with Gasteiger partial charge in [-0.25, -0.2) is 4.39 Å². The summed E-state index contributed by atoms with van der Waals surface area (Å²) in [5, 5.41) is 2.78.